The Morgan fingerprint density at radius 1 is 1.14 bits per heavy atom. The molecule has 110 valence electrons. The molecular weight excluding hydrogens is 256 g/mol. The Bertz CT molecular complexity index is 556. The van der Waals surface area contributed by atoms with Gasteiger partial charge in [0.15, 0.2) is 0 Å². The lowest BCUT2D eigenvalue weighted by Gasteiger charge is -2.16. The van der Waals surface area contributed by atoms with Gasteiger partial charge < -0.3 is 5.73 Å². The van der Waals surface area contributed by atoms with Gasteiger partial charge in [-0.05, 0) is 17.1 Å². The van der Waals surface area contributed by atoms with Crippen molar-refractivity contribution in [2.75, 3.05) is 13.1 Å². The van der Waals surface area contributed by atoms with Crippen molar-refractivity contribution in [3.63, 3.8) is 0 Å². The normalized spacial score (nSPS) is 29.4. The summed E-state index contributed by atoms with van der Waals surface area (Å²) in [6.45, 7) is 5.23. The van der Waals surface area contributed by atoms with Crippen molar-refractivity contribution in [3.05, 3.63) is 71.8 Å². The standard InChI is InChI=1S/C19H24N2/c1-15-6-5-9-17(11-10-15)18-13-21(14-19(18)20)12-16-7-3-2-4-8-16/h2-11,15,18-19H,12-14,20H2,1H3/t15?,18-,19?/m1/s1. The molecule has 0 aromatic heterocycles. The summed E-state index contributed by atoms with van der Waals surface area (Å²) in [6.07, 6.45) is 11.2. The highest BCUT2D eigenvalue weighted by molar-refractivity contribution is 5.32. The number of allylic oxidation sites excluding steroid dienone is 5. The molecule has 1 fully saturated rings. The first-order chi connectivity index (χ1) is 10.2. The van der Waals surface area contributed by atoms with E-state index in [2.05, 4.69) is 72.5 Å². The molecule has 2 heteroatoms. The third-order valence-electron chi connectivity index (χ3n) is 4.41. The maximum absolute atomic E-state index is 6.40. The van der Waals surface area contributed by atoms with Crippen LogP contribution in [-0.4, -0.2) is 24.0 Å². The summed E-state index contributed by atoms with van der Waals surface area (Å²) < 4.78 is 0. The summed E-state index contributed by atoms with van der Waals surface area (Å²) in [7, 11) is 0. The van der Waals surface area contributed by atoms with E-state index in [1.807, 2.05) is 0 Å². The van der Waals surface area contributed by atoms with Gasteiger partial charge in [0.2, 0.25) is 0 Å². The summed E-state index contributed by atoms with van der Waals surface area (Å²) in [5.41, 5.74) is 9.14. The molecule has 0 spiro atoms. The maximum atomic E-state index is 6.40. The molecule has 1 aliphatic carbocycles. The molecule has 0 bridgehead atoms. The first kappa shape index (κ1) is 14.3. The number of benzene rings is 1. The molecule has 1 heterocycles. The highest BCUT2D eigenvalue weighted by Gasteiger charge is 2.31. The van der Waals surface area contributed by atoms with Crippen LogP contribution in [0.1, 0.15) is 12.5 Å². The number of nitrogens with two attached hydrogens (primary N) is 1. The fourth-order valence-electron chi connectivity index (χ4n) is 3.21. The van der Waals surface area contributed by atoms with Crippen molar-refractivity contribution < 1.29 is 0 Å². The van der Waals surface area contributed by atoms with Crippen LogP contribution in [0.4, 0.5) is 0 Å². The lowest BCUT2D eigenvalue weighted by Crippen LogP contribution is -2.30. The zero-order chi connectivity index (χ0) is 14.7. The van der Waals surface area contributed by atoms with Gasteiger partial charge in [-0.25, -0.2) is 0 Å². The average molecular weight is 280 g/mol. The highest BCUT2D eigenvalue weighted by atomic mass is 15.2. The van der Waals surface area contributed by atoms with Crippen molar-refractivity contribution in [2.24, 2.45) is 17.6 Å². The smallest absolute Gasteiger partial charge is 0.0250 e. The maximum Gasteiger partial charge on any atom is 0.0250 e. The zero-order valence-corrected chi connectivity index (χ0v) is 12.7. The number of rotatable bonds is 3. The molecule has 3 atom stereocenters. The van der Waals surface area contributed by atoms with Gasteiger partial charge in [0.25, 0.3) is 0 Å². The third-order valence-corrected chi connectivity index (χ3v) is 4.41. The van der Waals surface area contributed by atoms with E-state index in [0.717, 1.165) is 19.6 Å². The molecule has 1 aromatic rings. The van der Waals surface area contributed by atoms with Crippen LogP contribution in [0, 0.1) is 11.8 Å². The summed E-state index contributed by atoms with van der Waals surface area (Å²) >= 11 is 0. The fourth-order valence-corrected chi connectivity index (χ4v) is 3.21. The predicted molar refractivity (Wildman–Crippen MR) is 88.7 cm³/mol. The summed E-state index contributed by atoms with van der Waals surface area (Å²) in [5.74, 6) is 0.955. The minimum atomic E-state index is 0.228. The molecule has 1 aliphatic heterocycles. The van der Waals surface area contributed by atoms with Crippen LogP contribution in [0.3, 0.4) is 0 Å². The van der Waals surface area contributed by atoms with Crippen molar-refractivity contribution in [1.82, 2.24) is 4.90 Å². The van der Waals surface area contributed by atoms with Crippen molar-refractivity contribution >= 4 is 0 Å². The predicted octanol–water partition coefficient (Wildman–Crippen LogP) is 3.13. The van der Waals surface area contributed by atoms with Gasteiger partial charge in [-0.2, -0.15) is 0 Å². The Morgan fingerprint density at radius 2 is 1.95 bits per heavy atom. The van der Waals surface area contributed by atoms with E-state index in [0.29, 0.717) is 11.8 Å². The monoisotopic (exact) mass is 280 g/mol. The molecule has 1 aromatic carbocycles. The Balaban J connectivity index is 1.68. The second-order valence-corrected chi connectivity index (χ2v) is 6.22. The van der Waals surface area contributed by atoms with Crippen LogP contribution < -0.4 is 5.73 Å². The Morgan fingerprint density at radius 3 is 2.76 bits per heavy atom. The van der Waals surface area contributed by atoms with E-state index in [-0.39, 0.29) is 6.04 Å². The van der Waals surface area contributed by atoms with Gasteiger partial charge in [-0.3, -0.25) is 4.90 Å². The molecule has 2 aliphatic rings. The minimum Gasteiger partial charge on any atom is -0.326 e. The van der Waals surface area contributed by atoms with Crippen LogP contribution in [0.15, 0.2) is 66.3 Å². The highest BCUT2D eigenvalue weighted by Crippen LogP contribution is 2.27. The van der Waals surface area contributed by atoms with Crippen LogP contribution in [0.2, 0.25) is 0 Å². The van der Waals surface area contributed by atoms with Crippen LogP contribution in [0.5, 0.6) is 0 Å². The van der Waals surface area contributed by atoms with E-state index in [9.17, 15) is 0 Å². The second-order valence-electron chi connectivity index (χ2n) is 6.22. The second kappa shape index (κ2) is 6.42. The van der Waals surface area contributed by atoms with Crippen molar-refractivity contribution in [3.8, 4) is 0 Å². The number of hydrogen-bond acceptors (Lipinski definition) is 2. The van der Waals surface area contributed by atoms with Gasteiger partial charge in [0, 0.05) is 31.6 Å². The molecule has 2 nitrogen and oxygen atoms in total. The number of hydrogen-bond donors (Lipinski definition) is 1. The quantitative estimate of drug-likeness (QED) is 0.921. The molecular formula is C19H24N2. The molecule has 0 saturated carbocycles. The number of nitrogens with zero attached hydrogens (tertiary/aromatic N) is 1. The largest absolute Gasteiger partial charge is 0.326 e. The Hall–Kier alpha value is -1.64. The van der Waals surface area contributed by atoms with Crippen molar-refractivity contribution in [2.45, 2.75) is 19.5 Å². The van der Waals surface area contributed by atoms with E-state index < -0.39 is 0 Å². The molecule has 0 radical (unpaired) electrons. The van der Waals surface area contributed by atoms with E-state index in [1.54, 1.807) is 0 Å². The minimum absolute atomic E-state index is 0.228. The lowest BCUT2D eigenvalue weighted by atomic mass is 9.94. The van der Waals surface area contributed by atoms with Gasteiger partial charge >= 0.3 is 0 Å². The molecule has 2 unspecified atom stereocenters. The van der Waals surface area contributed by atoms with Gasteiger partial charge in [-0.15, -0.1) is 0 Å². The van der Waals surface area contributed by atoms with Crippen LogP contribution >= 0.6 is 0 Å². The first-order valence-electron chi connectivity index (χ1n) is 7.81. The van der Waals surface area contributed by atoms with E-state index >= 15 is 0 Å². The lowest BCUT2D eigenvalue weighted by molar-refractivity contribution is 0.321. The number of likely N-dealkylation sites (tertiary alicyclic amines) is 1. The van der Waals surface area contributed by atoms with Gasteiger partial charge in [-0.1, -0.05) is 67.6 Å². The van der Waals surface area contributed by atoms with Crippen LogP contribution in [0.25, 0.3) is 0 Å². The SMILES string of the molecule is CC1C=CC=C([C@H]2CN(Cc3ccccc3)CC2N)C=C1. The Labute approximate surface area is 127 Å². The molecule has 3 rings (SSSR count). The molecule has 21 heavy (non-hydrogen) atoms. The van der Waals surface area contributed by atoms with Crippen molar-refractivity contribution in [1.29, 1.82) is 0 Å². The van der Waals surface area contributed by atoms with Gasteiger partial charge in [0.05, 0.1) is 0 Å². The molecule has 1 saturated heterocycles. The summed E-state index contributed by atoms with van der Waals surface area (Å²) in [4.78, 5) is 2.47. The van der Waals surface area contributed by atoms with Crippen LogP contribution in [-0.2, 0) is 6.54 Å². The summed E-state index contributed by atoms with van der Waals surface area (Å²) in [5, 5.41) is 0. The average Bonchev–Trinajstić information content (AvgIpc) is 2.70. The first-order valence-corrected chi connectivity index (χ1v) is 7.81. The summed E-state index contributed by atoms with van der Waals surface area (Å²) in [6, 6.07) is 10.9. The zero-order valence-electron chi connectivity index (χ0n) is 12.7. The van der Waals surface area contributed by atoms with E-state index in [1.165, 1.54) is 11.1 Å². The third kappa shape index (κ3) is 3.52. The van der Waals surface area contributed by atoms with E-state index in [4.69, 9.17) is 5.73 Å². The topological polar surface area (TPSA) is 29.3 Å². The molecule has 0 amide bonds. The van der Waals surface area contributed by atoms with Gasteiger partial charge in [0.1, 0.15) is 0 Å². The Kier molecular flexibility index (Phi) is 4.37. The fraction of sp³-hybridized carbons (Fsp3) is 0.368. The molecule has 2 N–H and O–H groups in total.